The summed E-state index contributed by atoms with van der Waals surface area (Å²) < 4.78 is 10.8. The second-order valence-electron chi connectivity index (χ2n) is 5.48. The van der Waals surface area contributed by atoms with E-state index < -0.39 is 0 Å². The maximum atomic E-state index is 5.52. The van der Waals surface area contributed by atoms with E-state index in [-0.39, 0.29) is 0 Å². The Balaban J connectivity index is 1.91. The summed E-state index contributed by atoms with van der Waals surface area (Å²) in [4.78, 5) is 2.55. The molecular formula is C15H32N2O2. The van der Waals surface area contributed by atoms with Gasteiger partial charge < -0.3 is 19.7 Å². The van der Waals surface area contributed by atoms with Crippen molar-refractivity contribution in [2.75, 3.05) is 59.7 Å². The Morgan fingerprint density at radius 2 is 2.16 bits per heavy atom. The second kappa shape index (κ2) is 11.6. The smallest absolute Gasteiger partial charge is 0.0590 e. The quantitative estimate of drug-likeness (QED) is 0.581. The molecule has 1 heterocycles. The van der Waals surface area contributed by atoms with E-state index in [1.807, 2.05) is 0 Å². The number of piperidine rings is 1. The molecule has 19 heavy (non-hydrogen) atoms. The second-order valence-corrected chi connectivity index (χ2v) is 5.48. The van der Waals surface area contributed by atoms with Crippen molar-refractivity contribution in [2.45, 2.75) is 32.6 Å². The highest BCUT2D eigenvalue weighted by atomic mass is 16.5. The van der Waals surface area contributed by atoms with Crippen LogP contribution in [0.15, 0.2) is 0 Å². The van der Waals surface area contributed by atoms with Gasteiger partial charge in [0.15, 0.2) is 0 Å². The molecule has 1 rings (SSSR count). The van der Waals surface area contributed by atoms with Crippen molar-refractivity contribution in [1.29, 1.82) is 0 Å². The van der Waals surface area contributed by atoms with Crippen molar-refractivity contribution in [3.63, 3.8) is 0 Å². The largest absolute Gasteiger partial charge is 0.384 e. The molecule has 0 bridgehead atoms. The number of rotatable bonds is 11. The number of nitrogens with zero attached hydrogens (tertiary/aromatic N) is 1. The Labute approximate surface area is 118 Å². The number of methoxy groups -OCH3 is 1. The Bertz CT molecular complexity index is 201. The van der Waals surface area contributed by atoms with Crippen molar-refractivity contribution in [3.8, 4) is 0 Å². The van der Waals surface area contributed by atoms with Gasteiger partial charge in [-0.1, -0.05) is 13.3 Å². The highest BCUT2D eigenvalue weighted by molar-refractivity contribution is 4.73. The molecule has 1 fully saturated rings. The Morgan fingerprint density at radius 1 is 1.26 bits per heavy atom. The SMILES string of the molecule is CCCCOCCNCCN1CCCC(COC)C1. The van der Waals surface area contributed by atoms with Crippen LogP contribution in [0.3, 0.4) is 0 Å². The predicted molar refractivity (Wildman–Crippen MR) is 79.6 cm³/mol. The first-order chi connectivity index (χ1) is 9.36. The molecule has 0 saturated carbocycles. The summed E-state index contributed by atoms with van der Waals surface area (Å²) in [6, 6.07) is 0. The standard InChI is InChI=1S/C15H32N2O2/c1-3-4-11-19-12-8-16-7-10-17-9-5-6-15(13-17)14-18-2/h15-16H,3-14H2,1-2H3. The Hall–Kier alpha value is -0.160. The minimum absolute atomic E-state index is 0.733. The Kier molecular flexibility index (Phi) is 10.4. The van der Waals surface area contributed by atoms with E-state index in [9.17, 15) is 0 Å². The zero-order valence-electron chi connectivity index (χ0n) is 12.8. The zero-order valence-corrected chi connectivity index (χ0v) is 12.8. The average molecular weight is 272 g/mol. The molecule has 114 valence electrons. The van der Waals surface area contributed by atoms with Crippen molar-refractivity contribution < 1.29 is 9.47 Å². The minimum atomic E-state index is 0.733. The molecule has 0 amide bonds. The maximum absolute atomic E-state index is 5.52. The summed E-state index contributed by atoms with van der Waals surface area (Å²) in [6.45, 7) is 10.5. The van der Waals surface area contributed by atoms with Gasteiger partial charge in [-0.3, -0.25) is 0 Å². The molecule has 0 aromatic rings. The third-order valence-corrected chi connectivity index (χ3v) is 3.68. The minimum Gasteiger partial charge on any atom is -0.384 e. The lowest BCUT2D eigenvalue weighted by atomic mass is 9.99. The molecule has 0 spiro atoms. The van der Waals surface area contributed by atoms with E-state index in [4.69, 9.17) is 9.47 Å². The van der Waals surface area contributed by atoms with Crippen molar-refractivity contribution in [1.82, 2.24) is 10.2 Å². The third kappa shape index (κ3) is 8.58. The van der Waals surface area contributed by atoms with Gasteiger partial charge >= 0.3 is 0 Å². The molecule has 0 radical (unpaired) electrons. The van der Waals surface area contributed by atoms with Gasteiger partial charge in [0.2, 0.25) is 0 Å². The van der Waals surface area contributed by atoms with Crippen LogP contribution in [-0.2, 0) is 9.47 Å². The van der Waals surface area contributed by atoms with Gasteiger partial charge in [-0.15, -0.1) is 0 Å². The zero-order chi connectivity index (χ0) is 13.8. The average Bonchev–Trinajstić information content (AvgIpc) is 2.43. The highest BCUT2D eigenvalue weighted by Gasteiger charge is 2.18. The molecular weight excluding hydrogens is 240 g/mol. The number of hydrogen-bond acceptors (Lipinski definition) is 4. The van der Waals surface area contributed by atoms with Gasteiger partial charge in [0.25, 0.3) is 0 Å². The normalized spacial score (nSPS) is 20.8. The number of likely N-dealkylation sites (tertiary alicyclic amines) is 1. The lowest BCUT2D eigenvalue weighted by Gasteiger charge is -2.32. The molecule has 1 N–H and O–H groups in total. The van der Waals surface area contributed by atoms with Crippen LogP contribution in [-0.4, -0.2) is 64.6 Å². The van der Waals surface area contributed by atoms with Crippen LogP contribution < -0.4 is 5.32 Å². The lowest BCUT2D eigenvalue weighted by molar-refractivity contribution is 0.0901. The molecule has 0 aromatic carbocycles. The molecule has 1 saturated heterocycles. The number of unbranched alkanes of at least 4 members (excludes halogenated alkanes) is 1. The number of ether oxygens (including phenoxy) is 2. The van der Waals surface area contributed by atoms with Crippen LogP contribution in [0.1, 0.15) is 32.6 Å². The summed E-state index contributed by atoms with van der Waals surface area (Å²) in [5.74, 6) is 0.733. The summed E-state index contributed by atoms with van der Waals surface area (Å²) in [5.41, 5.74) is 0. The van der Waals surface area contributed by atoms with Gasteiger partial charge in [0, 0.05) is 39.9 Å². The lowest BCUT2D eigenvalue weighted by Crippen LogP contribution is -2.41. The number of nitrogens with one attached hydrogen (secondary N) is 1. The summed E-state index contributed by atoms with van der Waals surface area (Å²) in [6.07, 6.45) is 5.02. The summed E-state index contributed by atoms with van der Waals surface area (Å²) in [5, 5.41) is 3.46. The first kappa shape index (κ1) is 16.9. The topological polar surface area (TPSA) is 33.7 Å². The van der Waals surface area contributed by atoms with E-state index >= 15 is 0 Å². The van der Waals surface area contributed by atoms with E-state index in [0.717, 1.165) is 45.4 Å². The fourth-order valence-electron chi connectivity index (χ4n) is 2.58. The maximum Gasteiger partial charge on any atom is 0.0590 e. The molecule has 4 heteroatoms. The van der Waals surface area contributed by atoms with Gasteiger partial charge in [0.1, 0.15) is 0 Å². The number of hydrogen-bond donors (Lipinski definition) is 1. The van der Waals surface area contributed by atoms with E-state index in [1.54, 1.807) is 7.11 Å². The van der Waals surface area contributed by atoms with E-state index in [2.05, 4.69) is 17.1 Å². The third-order valence-electron chi connectivity index (χ3n) is 3.68. The molecule has 1 unspecified atom stereocenters. The first-order valence-corrected chi connectivity index (χ1v) is 7.86. The van der Waals surface area contributed by atoms with Crippen LogP contribution in [0.4, 0.5) is 0 Å². The molecule has 4 nitrogen and oxygen atoms in total. The predicted octanol–water partition coefficient (Wildman–Crippen LogP) is 1.75. The van der Waals surface area contributed by atoms with Crippen LogP contribution in [0.2, 0.25) is 0 Å². The first-order valence-electron chi connectivity index (χ1n) is 7.86. The fraction of sp³-hybridized carbons (Fsp3) is 1.00. The molecule has 0 aliphatic carbocycles. The molecule has 0 aromatic heterocycles. The summed E-state index contributed by atoms with van der Waals surface area (Å²) >= 11 is 0. The molecule has 1 atom stereocenters. The van der Waals surface area contributed by atoms with Gasteiger partial charge in [-0.25, -0.2) is 0 Å². The summed E-state index contributed by atoms with van der Waals surface area (Å²) in [7, 11) is 1.80. The van der Waals surface area contributed by atoms with Crippen molar-refractivity contribution >= 4 is 0 Å². The van der Waals surface area contributed by atoms with E-state index in [1.165, 1.54) is 38.8 Å². The fourth-order valence-corrected chi connectivity index (χ4v) is 2.58. The van der Waals surface area contributed by atoms with Gasteiger partial charge in [-0.2, -0.15) is 0 Å². The van der Waals surface area contributed by atoms with Crippen LogP contribution >= 0.6 is 0 Å². The van der Waals surface area contributed by atoms with Crippen LogP contribution in [0, 0.1) is 5.92 Å². The van der Waals surface area contributed by atoms with Gasteiger partial charge in [0.05, 0.1) is 13.2 Å². The van der Waals surface area contributed by atoms with Crippen molar-refractivity contribution in [3.05, 3.63) is 0 Å². The molecule has 1 aliphatic rings. The Morgan fingerprint density at radius 3 is 2.95 bits per heavy atom. The van der Waals surface area contributed by atoms with Crippen LogP contribution in [0.25, 0.3) is 0 Å². The monoisotopic (exact) mass is 272 g/mol. The highest BCUT2D eigenvalue weighted by Crippen LogP contribution is 2.15. The molecule has 1 aliphatic heterocycles. The van der Waals surface area contributed by atoms with Gasteiger partial charge in [-0.05, 0) is 31.7 Å². The van der Waals surface area contributed by atoms with Crippen molar-refractivity contribution in [2.24, 2.45) is 5.92 Å². The van der Waals surface area contributed by atoms with E-state index in [0.29, 0.717) is 0 Å². The van der Waals surface area contributed by atoms with Crippen LogP contribution in [0.5, 0.6) is 0 Å².